The molecule has 0 fully saturated rings. The highest BCUT2D eigenvalue weighted by Gasteiger charge is 2.07. The van der Waals surface area contributed by atoms with E-state index in [4.69, 9.17) is 16.7 Å². The summed E-state index contributed by atoms with van der Waals surface area (Å²) in [6, 6.07) is 3.69. The van der Waals surface area contributed by atoms with Gasteiger partial charge in [-0.1, -0.05) is 18.5 Å². The van der Waals surface area contributed by atoms with Crippen LogP contribution >= 0.6 is 22.9 Å². The molecule has 0 saturated carbocycles. The van der Waals surface area contributed by atoms with Gasteiger partial charge >= 0.3 is 0 Å². The van der Waals surface area contributed by atoms with Gasteiger partial charge < -0.3 is 10.4 Å². The molecule has 2 N–H and O–H groups in total. The van der Waals surface area contributed by atoms with Crippen molar-refractivity contribution in [1.82, 2.24) is 5.32 Å². The Morgan fingerprint density at radius 1 is 1.65 bits per heavy atom. The van der Waals surface area contributed by atoms with Crippen LogP contribution in [0.4, 0.5) is 0 Å². The van der Waals surface area contributed by atoms with Crippen molar-refractivity contribution in [2.75, 3.05) is 6.61 Å². The number of thiophene rings is 1. The molecule has 5 heteroatoms. The van der Waals surface area contributed by atoms with E-state index in [0.717, 1.165) is 11.3 Å². The minimum absolute atomic E-state index is 0.0315. The van der Waals surface area contributed by atoms with E-state index in [1.54, 1.807) is 12.1 Å². The molecule has 1 aromatic heterocycles. The molecule has 0 aromatic carbocycles. The van der Waals surface area contributed by atoms with Crippen molar-refractivity contribution in [1.29, 1.82) is 0 Å². The number of carbonyl (C=O) groups excluding carboxylic acids is 1. The van der Waals surface area contributed by atoms with Crippen LogP contribution in [0.25, 0.3) is 6.08 Å². The van der Waals surface area contributed by atoms with Crippen molar-refractivity contribution in [2.45, 2.75) is 25.8 Å². The third-order valence-electron chi connectivity index (χ3n) is 2.31. The Morgan fingerprint density at radius 2 is 2.41 bits per heavy atom. The molecule has 1 rings (SSSR count). The second-order valence-electron chi connectivity index (χ2n) is 3.60. The predicted octanol–water partition coefficient (Wildman–Crippen LogP) is 2.69. The molecule has 94 valence electrons. The van der Waals surface area contributed by atoms with E-state index in [0.29, 0.717) is 10.8 Å². The third-order valence-corrected chi connectivity index (χ3v) is 3.51. The minimum Gasteiger partial charge on any atom is -0.396 e. The van der Waals surface area contributed by atoms with Gasteiger partial charge in [0, 0.05) is 23.6 Å². The maximum absolute atomic E-state index is 11.6. The van der Waals surface area contributed by atoms with Gasteiger partial charge in [0.25, 0.3) is 0 Å². The summed E-state index contributed by atoms with van der Waals surface area (Å²) in [6.45, 7) is 2.06. The molecule has 0 saturated heterocycles. The number of aliphatic hydroxyl groups excluding tert-OH is 1. The van der Waals surface area contributed by atoms with Gasteiger partial charge in [0.2, 0.25) is 5.91 Å². The molecule has 0 radical (unpaired) electrons. The summed E-state index contributed by atoms with van der Waals surface area (Å²) in [6.07, 6.45) is 4.62. The van der Waals surface area contributed by atoms with Crippen LogP contribution in [0.15, 0.2) is 18.2 Å². The van der Waals surface area contributed by atoms with Crippen LogP contribution in [-0.4, -0.2) is 23.7 Å². The predicted molar refractivity (Wildman–Crippen MR) is 72.3 cm³/mol. The first kappa shape index (κ1) is 14.2. The Bertz CT molecular complexity index is 390. The monoisotopic (exact) mass is 273 g/mol. The molecule has 17 heavy (non-hydrogen) atoms. The lowest BCUT2D eigenvalue weighted by molar-refractivity contribution is -0.117. The van der Waals surface area contributed by atoms with Gasteiger partial charge in [-0.25, -0.2) is 0 Å². The maximum Gasteiger partial charge on any atom is 0.244 e. The van der Waals surface area contributed by atoms with Gasteiger partial charge in [0.15, 0.2) is 0 Å². The molecule has 3 nitrogen and oxygen atoms in total. The second-order valence-corrected chi connectivity index (χ2v) is 5.35. The number of aliphatic hydroxyl groups is 1. The molecule has 1 atom stereocenters. The Morgan fingerprint density at radius 3 is 2.94 bits per heavy atom. The van der Waals surface area contributed by atoms with Crippen LogP contribution in [-0.2, 0) is 4.79 Å². The van der Waals surface area contributed by atoms with Gasteiger partial charge in [-0.2, -0.15) is 0 Å². The lowest BCUT2D eigenvalue weighted by Crippen LogP contribution is -2.33. The van der Waals surface area contributed by atoms with Gasteiger partial charge in [0.1, 0.15) is 0 Å². The SMILES string of the molecule is CCC(CCO)NC(=O)/C=C/c1ccc(Cl)s1. The molecule has 0 aliphatic rings. The molecule has 1 aromatic rings. The quantitative estimate of drug-likeness (QED) is 0.783. The summed E-state index contributed by atoms with van der Waals surface area (Å²) < 4.78 is 0.705. The first-order chi connectivity index (χ1) is 8.15. The van der Waals surface area contributed by atoms with Crippen molar-refractivity contribution >= 4 is 34.9 Å². The summed E-state index contributed by atoms with van der Waals surface area (Å²) in [5, 5.41) is 11.6. The van der Waals surface area contributed by atoms with Crippen LogP contribution in [0.1, 0.15) is 24.6 Å². The van der Waals surface area contributed by atoms with E-state index in [9.17, 15) is 4.79 Å². The number of hydrogen-bond acceptors (Lipinski definition) is 3. The standard InChI is InChI=1S/C12H16ClNO2S/c1-2-9(7-8-15)14-12(16)6-4-10-3-5-11(13)17-10/h3-6,9,15H,2,7-8H2,1H3,(H,14,16)/b6-4+. The summed E-state index contributed by atoms with van der Waals surface area (Å²) in [4.78, 5) is 12.5. The third kappa shape index (κ3) is 5.35. The Hall–Kier alpha value is -0.840. The highest BCUT2D eigenvalue weighted by Crippen LogP contribution is 2.22. The van der Waals surface area contributed by atoms with Gasteiger partial charge in [-0.15, -0.1) is 11.3 Å². The summed E-state index contributed by atoms with van der Waals surface area (Å²) in [5.74, 6) is -0.144. The zero-order valence-corrected chi connectivity index (χ0v) is 11.2. The lowest BCUT2D eigenvalue weighted by atomic mass is 10.1. The van der Waals surface area contributed by atoms with Crippen LogP contribution in [0.5, 0.6) is 0 Å². The van der Waals surface area contributed by atoms with Crippen LogP contribution in [0.2, 0.25) is 4.34 Å². The summed E-state index contributed by atoms with van der Waals surface area (Å²) in [7, 11) is 0. The first-order valence-electron chi connectivity index (χ1n) is 5.50. The fourth-order valence-electron chi connectivity index (χ4n) is 1.36. The Balaban J connectivity index is 2.45. The molecule has 1 heterocycles. The van der Waals surface area contributed by atoms with Crippen LogP contribution < -0.4 is 5.32 Å². The van der Waals surface area contributed by atoms with E-state index < -0.39 is 0 Å². The van der Waals surface area contributed by atoms with E-state index in [1.165, 1.54) is 17.4 Å². The number of amides is 1. The van der Waals surface area contributed by atoms with E-state index in [1.807, 2.05) is 13.0 Å². The summed E-state index contributed by atoms with van der Waals surface area (Å²) >= 11 is 7.20. The number of nitrogens with one attached hydrogen (secondary N) is 1. The number of halogens is 1. The van der Waals surface area contributed by atoms with Crippen molar-refractivity contribution in [2.24, 2.45) is 0 Å². The second kappa shape index (κ2) is 7.48. The molecule has 0 spiro atoms. The van der Waals surface area contributed by atoms with Crippen LogP contribution in [0.3, 0.4) is 0 Å². The first-order valence-corrected chi connectivity index (χ1v) is 6.70. The van der Waals surface area contributed by atoms with Crippen molar-refractivity contribution in [3.05, 3.63) is 27.4 Å². The fraction of sp³-hybridized carbons (Fsp3) is 0.417. The number of rotatable bonds is 6. The number of carbonyl (C=O) groups is 1. The van der Waals surface area contributed by atoms with E-state index in [2.05, 4.69) is 5.32 Å². The summed E-state index contributed by atoms with van der Waals surface area (Å²) in [5.41, 5.74) is 0. The van der Waals surface area contributed by atoms with Crippen molar-refractivity contribution in [3.8, 4) is 0 Å². The highest BCUT2D eigenvalue weighted by molar-refractivity contribution is 7.17. The zero-order chi connectivity index (χ0) is 12.7. The van der Waals surface area contributed by atoms with Gasteiger partial charge in [-0.05, 0) is 31.1 Å². The van der Waals surface area contributed by atoms with Gasteiger partial charge in [0.05, 0.1) is 4.34 Å². The number of hydrogen-bond donors (Lipinski definition) is 2. The van der Waals surface area contributed by atoms with Gasteiger partial charge in [-0.3, -0.25) is 4.79 Å². The Kier molecular flexibility index (Phi) is 6.26. The average Bonchev–Trinajstić information content (AvgIpc) is 2.72. The molecular formula is C12H16ClNO2S. The topological polar surface area (TPSA) is 49.3 Å². The van der Waals surface area contributed by atoms with Crippen molar-refractivity contribution < 1.29 is 9.90 Å². The fourth-order valence-corrected chi connectivity index (χ4v) is 2.32. The zero-order valence-electron chi connectivity index (χ0n) is 9.65. The minimum atomic E-state index is -0.144. The van der Waals surface area contributed by atoms with E-state index >= 15 is 0 Å². The maximum atomic E-state index is 11.6. The van der Waals surface area contributed by atoms with Crippen LogP contribution in [0, 0.1) is 0 Å². The average molecular weight is 274 g/mol. The molecule has 1 unspecified atom stereocenters. The lowest BCUT2D eigenvalue weighted by Gasteiger charge is -2.13. The molecular weight excluding hydrogens is 258 g/mol. The molecule has 0 aliphatic carbocycles. The molecule has 1 amide bonds. The normalized spacial score (nSPS) is 12.9. The van der Waals surface area contributed by atoms with Crippen molar-refractivity contribution in [3.63, 3.8) is 0 Å². The molecule has 0 aliphatic heterocycles. The van der Waals surface area contributed by atoms with E-state index in [-0.39, 0.29) is 18.6 Å². The largest absolute Gasteiger partial charge is 0.396 e. The Labute approximate surface area is 110 Å². The molecule has 0 bridgehead atoms. The highest BCUT2D eigenvalue weighted by atomic mass is 35.5. The smallest absolute Gasteiger partial charge is 0.244 e.